The van der Waals surface area contributed by atoms with Crippen molar-refractivity contribution in [1.82, 2.24) is 0 Å². The zero-order chi connectivity index (χ0) is 18.9. The van der Waals surface area contributed by atoms with E-state index in [1.54, 1.807) is 0 Å². The molecule has 0 aliphatic carbocycles. The summed E-state index contributed by atoms with van der Waals surface area (Å²) in [5, 5.41) is 2.84. The normalized spacial score (nSPS) is 13.8. The lowest BCUT2D eigenvalue weighted by Crippen LogP contribution is -2.43. The highest BCUT2D eigenvalue weighted by Gasteiger charge is 2.28. The molecule has 0 atom stereocenters. The summed E-state index contributed by atoms with van der Waals surface area (Å²) in [5.74, 6) is 0.178. The highest BCUT2D eigenvalue weighted by atomic mass is 16.5. The van der Waals surface area contributed by atoms with Gasteiger partial charge >= 0.3 is 0 Å². The lowest BCUT2D eigenvalue weighted by atomic mass is 9.86. The smallest absolute Gasteiger partial charge is 0.265 e. The van der Waals surface area contributed by atoms with Gasteiger partial charge in [-0.3, -0.25) is 14.5 Å². The largest absolute Gasteiger partial charge is 0.482 e. The predicted molar refractivity (Wildman–Crippen MR) is 103 cm³/mol. The molecule has 0 unspecified atom stereocenters. The van der Waals surface area contributed by atoms with Gasteiger partial charge in [-0.1, -0.05) is 39.0 Å². The molecule has 2 aromatic carbocycles. The standard InChI is InChI=1S/C21H24N2O3/c1-14-6-5-7-16(10-14)22-19(24)12-23-17-9-8-15(21(2,3)4)11-18(17)26-13-20(23)25/h5-11H,12-13H2,1-4H3,(H,22,24). The molecule has 1 N–H and O–H groups in total. The van der Waals surface area contributed by atoms with E-state index >= 15 is 0 Å². The van der Waals surface area contributed by atoms with Crippen molar-refractivity contribution in [3.8, 4) is 5.75 Å². The first-order valence-electron chi connectivity index (χ1n) is 8.68. The van der Waals surface area contributed by atoms with Crippen LogP contribution in [0.2, 0.25) is 0 Å². The molecule has 0 saturated heterocycles. The minimum absolute atomic E-state index is 0.0206. The van der Waals surface area contributed by atoms with Crippen LogP contribution >= 0.6 is 0 Å². The third-order valence-electron chi connectivity index (χ3n) is 4.37. The van der Waals surface area contributed by atoms with Crippen molar-refractivity contribution in [2.45, 2.75) is 33.1 Å². The number of carbonyl (C=O) groups is 2. The Labute approximate surface area is 154 Å². The topological polar surface area (TPSA) is 58.6 Å². The van der Waals surface area contributed by atoms with E-state index in [1.807, 2.05) is 49.4 Å². The first-order chi connectivity index (χ1) is 12.2. The molecule has 136 valence electrons. The second kappa shape index (κ2) is 6.83. The summed E-state index contributed by atoms with van der Waals surface area (Å²) in [6.45, 7) is 8.22. The molecule has 0 spiro atoms. The number of nitrogens with zero attached hydrogens (tertiary/aromatic N) is 1. The number of nitrogens with one attached hydrogen (secondary N) is 1. The van der Waals surface area contributed by atoms with Gasteiger partial charge in [0.25, 0.3) is 5.91 Å². The van der Waals surface area contributed by atoms with E-state index in [9.17, 15) is 9.59 Å². The summed E-state index contributed by atoms with van der Waals surface area (Å²) in [5.41, 5.74) is 3.51. The zero-order valence-corrected chi connectivity index (χ0v) is 15.6. The first kappa shape index (κ1) is 18.0. The molecule has 5 nitrogen and oxygen atoms in total. The summed E-state index contributed by atoms with van der Waals surface area (Å²) >= 11 is 0. The molecule has 26 heavy (non-hydrogen) atoms. The fourth-order valence-corrected chi connectivity index (χ4v) is 2.91. The van der Waals surface area contributed by atoms with Crippen molar-refractivity contribution in [3.05, 3.63) is 53.6 Å². The third kappa shape index (κ3) is 3.87. The molecule has 0 radical (unpaired) electrons. The van der Waals surface area contributed by atoms with E-state index in [0.29, 0.717) is 11.4 Å². The fourth-order valence-electron chi connectivity index (χ4n) is 2.91. The number of anilines is 2. The number of hydrogen-bond acceptors (Lipinski definition) is 3. The maximum absolute atomic E-state index is 12.4. The SMILES string of the molecule is Cc1cccc(NC(=O)CN2C(=O)COc3cc(C(C)(C)C)ccc32)c1. The summed E-state index contributed by atoms with van der Waals surface area (Å²) in [6, 6.07) is 13.4. The fraction of sp³-hybridized carbons (Fsp3) is 0.333. The maximum Gasteiger partial charge on any atom is 0.265 e. The number of aryl methyl sites for hydroxylation is 1. The van der Waals surface area contributed by atoms with E-state index in [4.69, 9.17) is 4.74 Å². The Morgan fingerprint density at radius 2 is 1.96 bits per heavy atom. The summed E-state index contributed by atoms with van der Waals surface area (Å²) in [7, 11) is 0. The molecule has 5 heteroatoms. The zero-order valence-electron chi connectivity index (χ0n) is 15.6. The Kier molecular flexibility index (Phi) is 4.72. The minimum atomic E-state index is -0.239. The molecule has 2 aromatic rings. The van der Waals surface area contributed by atoms with Gasteiger partial charge in [-0.25, -0.2) is 0 Å². The second-order valence-electron chi connectivity index (χ2n) is 7.62. The van der Waals surface area contributed by atoms with Crippen LogP contribution in [0.3, 0.4) is 0 Å². The Morgan fingerprint density at radius 1 is 1.19 bits per heavy atom. The number of benzene rings is 2. The molecular weight excluding hydrogens is 328 g/mol. The number of fused-ring (bicyclic) bond motifs is 1. The van der Waals surface area contributed by atoms with Gasteiger partial charge < -0.3 is 10.1 Å². The van der Waals surface area contributed by atoms with Crippen LogP contribution in [0.15, 0.2) is 42.5 Å². The van der Waals surface area contributed by atoms with Crippen molar-refractivity contribution in [3.63, 3.8) is 0 Å². The van der Waals surface area contributed by atoms with Gasteiger partial charge in [-0.05, 0) is 47.7 Å². The van der Waals surface area contributed by atoms with Gasteiger partial charge in [-0.2, -0.15) is 0 Å². The van der Waals surface area contributed by atoms with Gasteiger partial charge in [-0.15, -0.1) is 0 Å². The second-order valence-corrected chi connectivity index (χ2v) is 7.62. The summed E-state index contributed by atoms with van der Waals surface area (Å²) in [4.78, 5) is 26.2. The van der Waals surface area contributed by atoms with Gasteiger partial charge in [0, 0.05) is 5.69 Å². The predicted octanol–water partition coefficient (Wildman–Crippen LogP) is 3.66. The molecule has 0 fully saturated rings. The van der Waals surface area contributed by atoms with Crippen LogP contribution in [0.25, 0.3) is 0 Å². The summed E-state index contributed by atoms with van der Waals surface area (Å²) < 4.78 is 5.59. The average molecular weight is 352 g/mol. The van der Waals surface area contributed by atoms with Crippen molar-refractivity contribution in [1.29, 1.82) is 0 Å². The number of rotatable bonds is 3. The van der Waals surface area contributed by atoms with Crippen molar-refractivity contribution < 1.29 is 14.3 Å². The molecule has 1 heterocycles. The van der Waals surface area contributed by atoms with E-state index in [1.165, 1.54) is 4.90 Å². The van der Waals surface area contributed by atoms with Gasteiger partial charge in [0.15, 0.2) is 6.61 Å². The van der Waals surface area contributed by atoms with E-state index in [-0.39, 0.29) is 30.4 Å². The molecule has 1 aliphatic rings. The van der Waals surface area contributed by atoms with Crippen LogP contribution in [-0.4, -0.2) is 25.0 Å². The van der Waals surface area contributed by atoms with E-state index in [2.05, 4.69) is 26.1 Å². The van der Waals surface area contributed by atoms with Crippen LogP contribution in [0.1, 0.15) is 31.9 Å². The average Bonchev–Trinajstić information content (AvgIpc) is 2.56. The Hall–Kier alpha value is -2.82. The first-order valence-corrected chi connectivity index (χ1v) is 8.68. The maximum atomic E-state index is 12.4. The van der Waals surface area contributed by atoms with Crippen molar-refractivity contribution in [2.24, 2.45) is 0 Å². The monoisotopic (exact) mass is 352 g/mol. The van der Waals surface area contributed by atoms with Crippen molar-refractivity contribution >= 4 is 23.2 Å². The van der Waals surface area contributed by atoms with Gasteiger partial charge in [0.2, 0.25) is 5.91 Å². The minimum Gasteiger partial charge on any atom is -0.482 e. The van der Waals surface area contributed by atoms with Crippen LogP contribution in [-0.2, 0) is 15.0 Å². The Balaban J connectivity index is 1.80. The molecule has 2 amide bonds. The molecule has 0 aromatic heterocycles. The highest BCUT2D eigenvalue weighted by Crippen LogP contribution is 2.36. The van der Waals surface area contributed by atoms with E-state index < -0.39 is 0 Å². The number of ether oxygens (including phenoxy) is 1. The highest BCUT2D eigenvalue weighted by molar-refractivity contribution is 6.05. The Bertz CT molecular complexity index is 853. The van der Waals surface area contributed by atoms with Crippen LogP contribution in [0.4, 0.5) is 11.4 Å². The van der Waals surface area contributed by atoms with Crippen LogP contribution in [0.5, 0.6) is 5.75 Å². The van der Waals surface area contributed by atoms with Crippen molar-refractivity contribution in [2.75, 3.05) is 23.4 Å². The lowest BCUT2D eigenvalue weighted by molar-refractivity contribution is -0.123. The van der Waals surface area contributed by atoms with E-state index in [0.717, 1.165) is 16.8 Å². The molecule has 1 aliphatic heterocycles. The molecule has 0 bridgehead atoms. The summed E-state index contributed by atoms with van der Waals surface area (Å²) in [6.07, 6.45) is 0. The third-order valence-corrected chi connectivity index (χ3v) is 4.37. The molecular formula is C21H24N2O3. The number of amides is 2. The van der Waals surface area contributed by atoms with Crippen LogP contribution < -0.4 is 15.0 Å². The quantitative estimate of drug-likeness (QED) is 0.917. The van der Waals surface area contributed by atoms with Gasteiger partial charge in [0.05, 0.1) is 5.69 Å². The number of carbonyl (C=O) groups excluding carboxylic acids is 2. The molecule has 3 rings (SSSR count). The molecule has 0 saturated carbocycles. The lowest BCUT2D eigenvalue weighted by Gasteiger charge is -2.30. The number of hydrogen-bond donors (Lipinski definition) is 1. The van der Waals surface area contributed by atoms with Crippen LogP contribution in [0, 0.1) is 6.92 Å². The van der Waals surface area contributed by atoms with Gasteiger partial charge in [0.1, 0.15) is 12.3 Å². The Morgan fingerprint density at radius 3 is 2.65 bits per heavy atom.